The van der Waals surface area contributed by atoms with Crippen LogP contribution in [0.15, 0.2) is 6.20 Å². The molecule has 0 aromatic carbocycles. The number of hydrogen-bond donors (Lipinski definition) is 1. The van der Waals surface area contributed by atoms with Crippen LogP contribution in [0.25, 0.3) is 0 Å². The Hall–Kier alpha value is -0.620. The Morgan fingerprint density at radius 2 is 2.22 bits per heavy atom. The summed E-state index contributed by atoms with van der Waals surface area (Å²) in [5.74, 6) is 0. The molecule has 1 rings (SSSR count). The number of halogens is 1. The van der Waals surface area contributed by atoms with Gasteiger partial charge in [0, 0.05) is 13.7 Å². The van der Waals surface area contributed by atoms with E-state index in [9.17, 15) is 5.11 Å². The van der Waals surface area contributed by atoms with Crippen LogP contribution in [0, 0.1) is 0 Å². The third-order valence-corrected chi connectivity index (χ3v) is 3.05. The van der Waals surface area contributed by atoms with Crippen molar-refractivity contribution in [2.75, 3.05) is 20.3 Å². The maximum absolute atomic E-state index is 10.4. The van der Waals surface area contributed by atoms with Gasteiger partial charge in [-0.3, -0.25) is 4.68 Å². The van der Waals surface area contributed by atoms with Crippen molar-refractivity contribution in [1.29, 1.82) is 0 Å². The second-order valence-electron chi connectivity index (χ2n) is 3.94. The zero-order chi connectivity index (χ0) is 13.5. The number of aromatic nitrogens is 2. The lowest BCUT2D eigenvalue weighted by molar-refractivity contribution is -0.0394. The van der Waals surface area contributed by atoms with E-state index >= 15 is 0 Å². The van der Waals surface area contributed by atoms with E-state index in [2.05, 4.69) is 5.10 Å². The van der Waals surface area contributed by atoms with Gasteiger partial charge in [0.1, 0.15) is 6.10 Å². The fourth-order valence-corrected chi connectivity index (χ4v) is 2.10. The van der Waals surface area contributed by atoms with Crippen molar-refractivity contribution < 1.29 is 14.6 Å². The SMILES string of the molecule is CCOC(CC)C(O)c1c(Cl)cnn1CCOC. The first kappa shape index (κ1) is 15.4. The van der Waals surface area contributed by atoms with E-state index in [1.807, 2.05) is 13.8 Å². The van der Waals surface area contributed by atoms with Gasteiger partial charge in [0.05, 0.1) is 36.2 Å². The molecular formula is C12H21ClN2O3. The van der Waals surface area contributed by atoms with E-state index in [4.69, 9.17) is 21.1 Å². The van der Waals surface area contributed by atoms with Crippen molar-refractivity contribution in [3.05, 3.63) is 16.9 Å². The quantitative estimate of drug-likeness (QED) is 0.789. The van der Waals surface area contributed by atoms with Crippen molar-refractivity contribution in [2.24, 2.45) is 0 Å². The molecule has 0 aliphatic rings. The molecule has 1 aromatic heterocycles. The van der Waals surface area contributed by atoms with Crippen LogP contribution < -0.4 is 0 Å². The fraction of sp³-hybridized carbons (Fsp3) is 0.750. The Labute approximate surface area is 113 Å². The summed E-state index contributed by atoms with van der Waals surface area (Å²) in [7, 11) is 1.62. The number of ether oxygens (including phenoxy) is 2. The first-order valence-corrected chi connectivity index (χ1v) is 6.53. The summed E-state index contributed by atoms with van der Waals surface area (Å²) in [6.07, 6.45) is 1.20. The second kappa shape index (κ2) is 7.74. The molecule has 0 aliphatic carbocycles. The Morgan fingerprint density at radius 3 is 2.78 bits per heavy atom. The molecule has 18 heavy (non-hydrogen) atoms. The molecule has 0 aliphatic heterocycles. The third-order valence-electron chi connectivity index (χ3n) is 2.76. The van der Waals surface area contributed by atoms with Crippen molar-refractivity contribution in [3.63, 3.8) is 0 Å². The number of methoxy groups -OCH3 is 1. The monoisotopic (exact) mass is 276 g/mol. The molecule has 104 valence electrons. The topological polar surface area (TPSA) is 56.5 Å². The van der Waals surface area contributed by atoms with E-state index in [-0.39, 0.29) is 6.10 Å². The molecule has 1 aromatic rings. The van der Waals surface area contributed by atoms with Crippen LogP contribution in [0.1, 0.15) is 32.1 Å². The maximum atomic E-state index is 10.4. The van der Waals surface area contributed by atoms with Crippen molar-refractivity contribution in [1.82, 2.24) is 9.78 Å². The zero-order valence-corrected chi connectivity index (χ0v) is 11.9. The van der Waals surface area contributed by atoms with Crippen molar-refractivity contribution >= 4 is 11.6 Å². The van der Waals surface area contributed by atoms with Crippen molar-refractivity contribution in [3.8, 4) is 0 Å². The summed E-state index contributed by atoms with van der Waals surface area (Å²) in [4.78, 5) is 0. The summed E-state index contributed by atoms with van der Waals surface area (Å²) in [5.41, 5.74) is 0.592. The van der Waals surface area contributed by atoms with E-state index in [1.165, 1.54) is 6.20 Å². The van der Waals surface area contributed by atoms with E-state index in [1.54, 1.807) is 11.8 Å². The number of nitrogens with zero attached hydrogens (tertiary/aromatic N) is 2. The molecule has 0 bridgehead atoms. The molecule has 0 amide bonds. The Kier molecular flexibility index (Phi) is 6.63. The highest BCUT2D eigenvalue weighted by molar-refractivity contribution is 6.31. The van der Waals surface area contributed by atoms with E-state index in [0.29, 0.717) is 36.9 Å². The average molecular weight is 277 g/mol. The summed E-state index contributed by atoms with van der Waals surface area (Å²) < 4.78 is 12.2. The fourth-order valence-electron chi connectivity index (χ4n) is 1.84. The van der Waals surface area contributed by atoms with Crippen LogP contribution in [0.3, 0.4) is 0 Å². The van der Waals surface area contributed by atoms with Gasteiger partial charge in [-0.25, -0.2) is 0 Å². The van der Waals surface area contributed by atoms with Gasteiger partial charge in [0.25, 0.3) is 0 Å². The van der Waals surface area contributed by atoms with Gasteiger partial charge in [-0.1, -0.05) is 18.5 Å². The summed E-state index contributed by atoms with van der Waals surface area (Å²) in [5, 5.41) is 14.9. The number of aliphatic hydroxyl groups is 1. The lowest BCUT2D eigenvalue weighted by Crippen LogP contribution is -2.25. The molecule has 6 heteroatoms. The minimum Gasteiger partial charge on any atom is -0.384 e. The number of aliphatic hydroxyl groups excluding tert-OH is 1. The minimum atomic E-state index is -0.776. The highest BCUT2D eigenvalue weighted by Crippen LogP contribution is 2.27. The standard InChI is InChI=1S/C12H21ClN2O3/c1-4-10(18-5-2)12(16)11-9(13)8-14-15(11)6-7-17-3/h8,10,12,16H,4-7H2,1-3H3. The summed E-state index contributed by atoms with van der Waals surface area (Å²) >= 11 is 6.08. The minimum absolute atomic E-state index is 0.273. The highest BCUT2D eigenvalue weighted by atomic mass is 35.5. The number of rotatable bonds is 8. The molecule has 5 nitrogen and oxygen atoms in total. The van der Waals surface area contributed by atoms with Gasteiger partial charge in [-0.2, -0.15) is 5.10 Å². The molecule has 0 fully saturated rings. The van der Waals surface area contributed by atoms with Crippen LogP contribution in [0.5, 0.6) is 0 Å². The second-order valence-corrected chi connectivity index (χ2v) is 4.35. The van der Waals surface area contributed by atoms with Crippen LogP contribution in [0.4, 0.5) is 0 Å². The van der Waals surface area contributed by atoms with E-state index in [0.717, 1.165) is 0 Å². The summed E-state index contributed by atoms with van der Waals surface area (Å²) in [6.45, 7) is 5.49. The van der Waals surface area contributed by atoms with Gasteiger partial charge in [0.2, 0.25) is 0 Å². The molecule has 0 radical (unpaired) electrons. The normalized spacial score (nSPS) is 14.7. The molecule has 2 atom stereocenters. The van der Waals surface area contributed by atoms with Gasteiger partial charge in [-0.05, 0) is 13.3 Å². The smallest absolute Gasteiger partial charge is 0.123 e. The van der Waals surface area contributed by atoms with Crippen LogP contribution in [-0.2, 0) is 16.0 Å². The van der Waals surface area contributed by atoms with E-state index < -0.39 is 6.10 Å². The highest BCUT2D eigenvalue weighted by Gasteiger charge is 2.25. The van der Waals surface area contributed by atoms with Crippen molar-refractivity contribution in [2.45, 2.75) is 39.0 Å². The molecule has 0 saturated heterocycles. The van der Waals surface area contributed by atoms with Gasteiger partial charge in [0.15, 0.2) is 0 Å². The lowest BCUT2D eigenvalue weighted by Gasteiger charge is -2.22. The van der Waals surface area contributed by atoms with Crippen LogP contribution in [-0.4, -0.2) is 41.3 Å². The third kappa shape index (κ3) is 3.68. The molecule has 2 unspecified atom stereocenters. The Bertz CT molecular complexity index is 357. The first-order valence-electron chi connectivity index (χ1n) is 6.15. The van der Waals surface area contributed by atoms with Gasteiger partial charge < -0.3 is 14.6 Å². The van der Waals surface area contributed by atoms with Crippen LogP contribution >= 0.6 is 11.6 Å². The van der Waals surface area contributed by atoms with Gasteiger partial charge >= 0.3 is 0 Å². The zero-order valence-electron chi connectivity index (χ0n) is 11.1. The molecule has 1 N–H and O–H groups in total. The molecule has 0 saturated carbocycles. The molecule has 1 heterocycles. The lowest BCUT2D eigenvalue weighted by atomic mass is 10.1. The Balaban J connectivity index is 2.88. The first-order chi connectivity index (χ1) is 8.65. The molecular weight excluding hydrogens is 256 g/mol. The predicted octanol–water partition coefficient (Wildman–Crippen LogP) is 2.03. The average Bonchev–Trinajstić information content (AvgIpc) is 2.73. The maximum Gasteiger partial charge on any atom is 0.123 e. The summed E-state index contributed by atoms with van der Waals surface area (Å²) in [6, 6.07) is 0. The largest absolute Gasteiger partial charge is 0.384 e. The molecule has 0 spiro atoms. The van der Waals surface area contributed by atoms with Crippen LogP contribution in [0.2, 0.25) is 5.02 Å². The number of hydrogen-bond acceptors (Lipinski definition) is 4. The van der Waals surface area contributed by atoms with Gasteiger partial charge in [-0.15, -0.1) is 0 Å². The Morgan fingerprint density at radius 1 is 1.50 bits per heavy atom. The predicted molar refractivity (Wildman–Crippen MR) is 69.8 cm³/mol.